The molecule has 0 saturated heterocycles. The van der Waals surface area contributed by atoms with Gasteiger partial charge in [-0.3, -0.25) is 9.97 Å². The first kappa shape index (κ1) is 25.2. The first-order valence-corrected chi connectivity index (χ1v) is 8.54. The molecule has 4 rings (SSSR count). The first-order chi connectivity index (χ1) is 13.8. The minimum absolute atomic E-state index is 0. The van der Waals surface area contributed by atoms with E-state index < -0.39 is 11.9 Å². The zero-order valence-electron chi connectivity index (χ0n) is 16.4. The summed E-state index contributed by atoms with van der Waals surface area (Å²) in [6.45, 7) is 6.02. The third kappa shape index (κ3) is 8.69. The summed E-state index contributed by atoms with van der Waals surface area (Å²) in [4.78, 5) is 8.58. The van der Waals surface area contributed by atoms with Crippen molar-refractivity contribution < 1.29 is 34.2 Å². The summed E-state index contributed by atoms with van der Waals surface area (Å²) in [5.41, 5.74) is 4.33. The van der Waals surface area contributed by atoms with Crippen LogP contribution in [-0.4, -0.2) is 20.2 Å². The number of alkyl halides is 3. The summed E-state index contributed by atoms with van der Waals surface area (Å²) < 4.78 is 34.6. The van der Waals surface area contributed by atoms with Gasteiger partial charge in [-0.1, -0.05) is 12.1 Å². The molecule has 0 bridgehead atoms. The molecule has 160 valence electrons. The van der Waals surface area contributed by atoms with Crippen molar-refractivity contribution in [1.82, 2.24) is 30.4 Å². The number of halogens is 3. The minimum Gasteiger partial charge on any atom is -0.582 e. The van der Waals surface area contributed by atoms with Gasteiger partial charge in [0, 0.05) is 18.1 Å². The van der Waals surface area contributed by atoms with Gasteiger partial charge in [-0.05, 0) is 56.2 Å². The molecule has 30 heavy (non-hydrogen) atoms. The molecule has 0 aliphatic heterocycles. The summed E-state index contributed by atoms with van der Waals surface area (Å²) in [6, 6.07) is 10.7. The van der Waals surface area contributed by atoms with Gasteiger partial charge < -0.3 is 20.4 Å². The van der Waals surface area contributed by atoms with Crippen LogP contribution in [0.5, 0.6) is 0 Å². The zero-order chi connectivity index (χ0) is 21.3. The van der Waals surface area contributed by atoms with Gasteiger partial charge in [-0.2, -0.15) is 25.6 Å². The Labute approximate surface area is 186 Å². The van der Waals surface area contributed by atoms with Gasteiger partial charge in [0.25, 0.3) is 0 Å². The molecular weight excluding hydrogens is 576 g/mol. The van der Waals surface area contributed by atoms with Crippen molar-refractivity contribution in [2.75, 3.05) is 0 Å². The summed E-state index contributed by atoms with van der Waals surface area (Å²) in [5.74, 6) is 0. The van der Waals surface area contributed by atoms with Crippen LogP contribution in [0.2, 0.25) is 0 Å². The van der Waals surface area contributed by atoms with E-state index in [0.717, 1.165) is 29.3 Å². The normalized spacial score (nSPS) is 10.1. The summed E-state index contributed by atoms with van der Waals surface area (Å²) in [7, 11) is 0. The Bertz CT molecular complexity index is 942. The average molecular weight is 595 g/mol. The number of nitrogens with zero attached hydrogens (tertiary/aromatic N) is 6. The molecule has 0 aliphatic rings. The maximum atomic E-state index is 11.5. The monoisotopic (exact) mass is 595 g/mol. The molecule has 0 radical (unpaired) electrons. The number of hydrogen-bond acceptors (Lipinski definition) is 4. The molecule has 0 aromatic carbocycles. The average Bonchev–Trinajstić information content (AvgIpc) is 3.36. The Hall–Kier alpha value is -2.80. The molecule has 0 unspecified atom stereocenters. The molecule has 4 aromatic heterocycles. The van der Waals surface area contributed by atoms with Crippen LogP contribution in [-0.2, 0) is 27.2 Å². The molecular formula is C20H19F3N6Pt. The molecule has 0 spiro atoms. The van der Waals surface area contributed by atoms with E-state index >= 15 is 0 Å². The van der Waals surface area contributed by atoms with E-state index in [1.54, 1.807) is 6.20 Å². The van der Waals surface area contributed by atoms with E-state index in [1.807, 2.05) is 49.6 Å². The third-order valence-electron chi connectivity index (χ3n) is 3.45. The molecule has 0 atom stereocenters. The van der Waals surface area contributed by atoms with Crippen LogP contribution >= 0.6 is 0 Å². The van der Waals surface area contributed by atoms with E-state index in [1.165, 1.54) is 11.1 Å². The van der Waals surface area contributed by atoms with Gasteiger partial charge >= 0.3 is 27.2 Å². The van der Waals surface area contributed by atoms with Crippen LogP contribution in [0.25, 0.3) is 11.4 Å². The number of aryl methyl sites for hydroxylation is 3. The van der Waals surface area contributed by atoms with Gasteiger partial charge in [0.05, 0.1) is 11.4 Å². The minimum atomic E-state index is -4.35. The van der Waals surface area contributed by atoms with Crippen molar-refractivity contribution in [3.05, 3.63) is 83.7 Å². The molecule has 0 fully saturated rings. The molecule has 0 aliphatic carbocycles. The van der Waals surface area contributed by atoms with Crippen molar-refractivity contribution in [3.63, 3.8) is 0 Å². The van der Waals surface area contributed by atoms with E-state index in [2.05, 4.69) is 44.2 Å². The van der Waals surface area contributed by atoms with Gasteiger partial charge in [0.2, 0.25) is 0 Å². The Morgan fingerprint density at radius 2 is 1.23 bits per heavy atom. The number of rotatable bonds is 1. The van der Waals surface area contributed by atoms with E-state index in [-0.39, 0.29) is 21.1 Å². The fourth-order valence-corrected chi connectivity index (χ4v) is 2.04. The number of pyridine rings is 2. The third-order valence-corrected chi connectivity index (χ3v) is 3.45. The predicted octanol–water partition coefficient (Wildman–Crippen LogP) is 4.16. The van der Waals surface area contributed by atoms with Crippen LogP contribution in [0.4, 0.5) is 13.2 Å². The fourth-order valence-electron chi connectivity index (χ4n) is 2.04. The van der Waals surface area contributed by atoms with E-state index in [9.17, 15) is 13.2 Å². The van der Waals surface area contributed by atoms with E-state index in [4.69, 9.17) is 0 Å². The number of hydrogen-bond donors (Lipinski definition) is 0. The van der Waals surface area contributed by atoms with Crippen molar-refractivity contribution in [2.24, 2.45) is 0 Å². The van der Waals surface area contributed by atoms with Gasteiger partial charge in [0.15, 0.2) is 0 Å². The number of aromatic nitrogens is 6. The van der Waals surface area contributed by atoms with Crippen molar-refractivity contribution in [3.8, 4) is 11.4 Å². The maximum Gasteiger partial charge on any atom is 2.00 e. The zero-order valence-corrected chi connectivity index (χ0v) is 18.7. The fraction of sp³-hybridized carbons (Fsp3) is 0.200. The quantitative estimate of drug-likeness (QED) is 0.329. The van der Waals surface area contributed by atoms with Crippen molar-refractivity contribution in [1.29, 1.82) is 0 Å². The van der Waals surface area contributed by atoms with Crippen LogP contribution < -0.4 is 10.2 Å². The van der Waals surface area contributed by atoms with Crippen LogP contribution in [0.3, 0.4) is 0 Å². The van der Waals surface area contributed by atoms with Crippen LogP contribution in [0, 0.1) is 20.8 Å². The molecule has 10 heteroatoms. The van der Waals surface area contributed by atoms with Crippen molar-refractivity contribution >= 4 is 0 Å². The summed E-state index contributed by atoms with van der Waals surface area (Å²) >= 11 is 0. The topological polar surface area (TPSA) is 79.8 Å². The van der Waals surface area contributed by atoms with Gasteiger partial charge in [-0.15, -0.1) is 0 Å². The van der Waals surface area contributed by atoms with Crippen LogP contribution in [0.1, 0.15) is 22.5 Å². The van der Waals surface area contributed by atoms with E-state index in [0.29, 0.717) is 0 Å². The second kappa shape index (κ2) is 12.0. The van der Waals surface area contributed by atoms with Crippen LogP contribution in [0.15, 0.2) is 61.2 Å². The summed E-state index contributed by atoms with van der Waals surface area (Å²) in [5, 5.41) is 13.1. The molecule has 0 amide bonds. The SMILES string of the molecule is Cc1cc[n-]n1.Cc1ccnc(-c2cc(C)ccn2)c1.FC(F)(F)c1cc[n-]n1.[Pt+2]. The molecule has 4 heterocycles. The Morgan fingerprint density at radius 3 is 1.50 bits per heavy atom. The maximum absolute atomic E-state index is 11.5. The molecule has 0 saturated carbocycles. The predicted molar refractivity (Wildman–Crippen MR) is 102 cm³/mol. The molecule has 6 nitrogen and oxygen atoms in total. The second-order valence-electron chi connectivity index (χ2n) is 6.02. The largest absolute Gasteiger partial charge is 2.00 e. The Balaban J connectivity index is 0.000000242. The van der Waals surface area contributed by atoms with Gasteiger partial charge in [-0.25, -0.2) is 0 Å². The van der Waals surface area contributed by atoms with Gasteiger partial charge in [0.1, 0.15) is 5.69 Å². The smallest absolute Gasteiger partial charge is 0.582 e. The molecule has 4 aromatic rings. The first-order valence-electron chi connectivity index (χ1n) is 8.54. The second-order valence-corrected chi connectivity index (χ2v) is 6.02. The molecule has 0 N–H and O–H groups in total. The summed E-state index contributed by atoms with van der Waals surface area (Å²) in [6.07, 6.45) is 1.96. The Morgan fingerprint density at radius 1 is 0.733 bits per heavy atom. The standard InChI is InChI=1S/C12H12N2.C4H2F3N2.C4H5N2.Pt/c1-9-3-5-13-11(7-9)12-8-10(2)4-6-14-12;5-4(6,7)3-1-2-8-9-3;1-4-2-3-5-6-4;/h3-8H,1-2H3;1-2H;2-3H,1H3;/q;2*-1;+2. The Kier molecular flexibility index (Phi) is 10.1. The van der Waals surface area contributed by atoms with Crippen molar-refractivity contribution in [2.45, 2.75) is 26.9 Å².